The first-order chi connectivity index (χ1) is 12.7. The molecule has 0 radical (unpaired) electrons. The van der Waals surface area contributed by atoms with E-state index in [9.17, 15) is 4.79 Å². The summed E-state index contributed by atoms with van der Waals surface area (Å²) in [6.07, 6.45) is 5.54. The third-order valence-corrected chi connectivity index (χ3v) is 5.54. The van der Waals surface area contributed by atoms with Crippen LogP contribution in [0.4, 0.5) is 5.95 Å². The third kappa shape index (κ3) is 3.18. The van der Waals surface area contributed by atoms with Gasteiger partial charge in [0.05, 0.1) is 12.8 Å². The molecule has 1 aliphatic carbocycles. The van der Waals surface area contributed by atoms with E-state index in [0.717, 1.165) is 48.6 Å². The quantitative estimate of drug-likeness (QED) is 0.774. The summed E-state index contributed by atoms with van der Waals surface area (Å²) in [5.74, 6) is 0.701. The Morgan fingerprint density at radius 3 is 2.92 bits per heavy atom. The second-order valence-electron chi connectivity index (χ2n) is 7.26. The summed E-state index contributed by atoms with van der Waals surface area (Å²) in [5.41, 5.74) is 5.84. The highest BCUT2D eigenvalue weighted by Crippen LogP contribution is 2.34. The number of benzene rings is 1. The van der Waals surface area contributed by atoms with E-state index in [1.54, 1.807) is 0 Å². The van der Waals surface area contributed by atoms with Crippen LogP contribution in [0.3, 0.4) is 0 Å². The highest BCUT2D eigenvalue weighted by molar-refractivity contribution is 5.70. The lowest BCUT2D eigenvalue weighted by atomic mass is 10.0. The number of rotatable bonds is 5. The first-order valence-corrected chi connectivity index (χ1v) is 9.48. The van der Waals surface area contributed by atoms with Gasteiger partial charge in [-0.2, -0.15) is 0 Å². The zero-order valence-electron chi connectivity index (χ0n) is 15.5. The average Bonchev–Trinajstić information content (AvgIpc) is 3.13. The fraction of sp³-hybridized carbons (Fsp3) is 0.476. The molecule has 1 fully saturated rings. The van der Waals surface area contributed by atoms with Crippen molar-refractivity contribution in [2.75, 3.05) is 18.6 Å². The second-order valence-corrected chi connectivity index (χ2v) is 7.26. The molecule has 1 atom stereocenters. The van der Waals surface area contributed by atoms with Gasteiger partial charge in [-0.25, -0.2) is 9.97 Å². The molecule has 0 spiro atoms. The summed E-state index contributed by atoms with van der Waals surface area (Å²) in [5, 5.41) is 0. The molecule has 2 aromatic rings. The molecule has 1 aromatic heterocycles. The Hall–Kier alpha value is -2.43. The summed E-state index contributed by atoms with van der Waals surface area (Å²) >= 11 is 0. The molecule has 136 valence electrons. The molecule has 0 bridgehead atoms. The second kappa shape index (κ2) is 7.06. The van der Waals surface area contributed by atoms with Gasteiger partial charge >= 0.3 is 5.97 Å². The van der Waals surface area contributed by atoms with E-state index in [1.165, 1.54) is 24.8 Å². The zero-order chi connectivity index (χ0) is 18.1. The fourth-order valence-electron chi connectivity index (χ4n) is 3.82. The van der Waals surface area contributed by atoms with Crippen LogP contribution in [0.15, 0.2) is 24.3 Å². The summed E-state index contributed by atoms with van der Waals surface area (Å²) in [4.78, 5) is 23.6. The monoisotopic (exact) mass is 351 g/mol. The Kier molecular flexibility index (Phi) is 4.62. The number of anilines is 1. The Morgan fingerprint density at radius 2 is 2.19 bits per heavy atom. The van der Waals surface area contributed by atoms with E-state index in [0.29, 0.717) is 18.9 Å². The minimum atomic E-state index is -0.174. The van der Waals surface area contributed by atoms with Crippen molar-refractivity contribution >= 4 is 11.9 Å². The van der Waals surface area contributed by atoms with Crippen molar-refractivity contribution in [3.63, 3.8) is 0 Å². The van der Waals surface area contributed by atoms with Crippen LogP contribution in [-0.2, 0) is 28.8 Å². The molecule has 0 saturated carbocycles. The van der Waals surface area contributed by atoms with Gasteiger partial charge in [-0.3, -0.25) is 4.79 Å². The van der Waals surface area contributed by atoms with Crippen molar-refractivity contribution < 1.29 is 9.53 Å². The van der Waals surface area contributed by atoms with Crippen LogP contribution >= 0.6 is 0 Å². The standard InChI is InChI=1S/C21H25N3O2/c1-14-11-12-24(14)21-22-18-8-4-7-17(18)20(23-21)16-6-3-5-15(13-16)9-10-19(25)26-2/h3,5-6,13-14H,4,7-12H2,1-2H3. The Balaban J connectivity index is 1.67. The Morgan fingerprint density at radius 1 is 1.31 bits per heavy atom. The number of aromatic nitrogens is 2. The molecule has 2 heterocycles. The molecule has 1 aliphatic heterocycles. The highest BCUT2D eigenvalue weighted by atomic mass is 16.5. The molecule has 5 nitrogen and oxygen atoms in total. The number of esters is 1. The van der Waals surface area contributed by atoms with Crippen molar-refractivity contribution in [3.05, 3.63) is 41.1 Å². The Labute approximate surface area is 154 Å². The summed E-state index contributed by atoms with van der Waals surface area (Å²) < 4.78 is 4.75. The SMILES string of the molecule is COC(=O)CCc1cccc(-c2nc(N3CCC3C)nc3c2CCC3)c1. The molecule has 5 heteroatoms. The van der Waals surface area contributed by atoms with E-state index in [1.807, 2.05) is 0 Å². The van der Waals surface area contributed by atoms with E-state index < -0.39 is 0 Å². The van der Waals surface area contributed by atoms with Gasteiger partial charge < -0.3 is 9.64 Å². The lowest BCUT2D eigenvalue weighted by Crippen LogP contribution is -2.46. The highest BCUT2D eigenvalue weighted by Gasteiger charge is 2.29. The molecule has 2 aliphatic rings. The summed E-state index contributed by atoms with van der Waals surface area (Å²) in [6, 6.07) is 8.91. The predicted molar refractivity (Wildman–Crippen MR) is 101 cm³/mol. The van der Waals surface area contributed by atoms with Crippen LogP contribution in [0.5, 0.6) is 0 Å². The van der Waals surface area contributed by atoms with E-state index in [2.05, 4.69) is 36.1 Å². The smallest absolute Gasteiger partial charge is 0.305 e. The average molecular weight is 351 g/mol. The third-order valence-electron chi connectivity index (χ3n) is 5.54. The first-order valence-electron chi connectivity index (χ1n) is 9.48. The van der Waals surface area contributed by atoms with Crippen molar-refractivity contribution in [1.82, 2.24) is 9.97 Å². The summed E-state index contributed by atoms with van der Waals surface area (Å²) in [7, 11) is 1.43. The van der Waals surface area contributed by atoms with Gasteiger partial charge in [-0.05, 0) is 50.7 Å². The van der Waals surface area contributed by atoms with E-state index in [-0.39, 0.29) is 5.97 Å². The first kappa shape index (κ1) is 17.0. The molecular formula is C21H25N3O2. The molecule has 26 heavy (non-hydrogen) atoms. The van der Waals surface area contributed by atoms with E-state index >= 15 is 0 Å². The van der Waals surface area contributed by atoms with Crippen molar-refractivity contribution in [2.24, 2.45) is 0 Å². The molecule has 1 aromatic carbocycles. The number of methoxy groups -OCH3 is 1. The van der Waals surface area contributed by atoms with Gasteiger partial charge in [0.2, 0.25) is 5.95 Å². The largest absolute Gasteiger partial charge is 0.469 e. The van der Waals surface area contributed by atoms with Crippen LogP contribution in [0.25, 0.3) is 11.3 Å². The molecule has 0 amide bonds. The lowest BCUT2D eigenvalue weighted by molar-refractivity contribution is -0.140. The minimum Gasteiger partial charge on any atom is -0.469 e. The van der Waals surface area contributed by atoms with Crippen LogP contribution in [0, 0.1) is 0 Å². The van der Waals surface area contributed by atoms with Gasteiger partial charge in [0.15, 0.2) is 0 Å². The maximum Gasteiger partial charge on any atom is 0.305 e. The summed E-state index contributed by atoms with van der Waals surface area (Å²) in [6.45, 7) is 3.27. The van der Waals surface area contributed by atoms with Crippen LogP contribution in [0.1, 0.15) is 43.0 Å². The topological polar surface area (TPSA) is 55.3 Å². The molecule has 4 rings (SSSR count). The number of nitrogens with zero attached hydrogens (tertiary/aromatic N) is 3. The number of aryl methyl sites for hydroxylation is 2. The normalized spacial score (nSPS) is 18.4. The molecule has 1 unspecified atom stereocenters. The van der Waals surface area contributed by atoms with Crippen LogP contribution in [-0.4, -0.2) is 35.6 Å². The van der Waals surface area contributed by atoms with Gasteiger partial charge in [0.1, 0.15) is 0 Å². The van der Waals surface area contributed by atoms with E-state index in [4.69, 9.17) is 14.7 Å². The minimum absolute atomic E-state index is 0.174. The van der Waals surface area contributed by atoms with Gasteiger partial charge in [-0.15, -0.1) is 0 Å². The lowest BCUT2D eigenvalue weighted by Gasteiger charge is -2.39. The van der Waals surface area contributed by atoms with Gasteiger partial charge in [0.25, 0.3) is 0 Å². The zero-order valence-corrected chi connectivity index (χ0v) is 15.5. The van der Waals surface area contributed by atoms with Crippen molar-refractivity contribution in [3.8, 4) is 11.3 Å². The molecule has 1 saturated heterocycles. The number of hydrogen-bond acceptors (Lipinski definition) is 5. The number of fused-ring (bicyclic) bond motifs is 1. The maximum atomic E-state index is 11.4. The Bertz CT molecular complexity index is 834. The molecule has 0 N–H and O–H groups in total. The fourth-order valence-corrected chi connectivity index (χ4v) is 3.82. The van der Waals surface area contributed by atoms with Crippen molar-refractivity contribution in [1.29, 1.82) is 0 Å². The molecular weight excluding hydrogens is 326 g/mol. The van der Waals surface area contributed by atoms with Crippen LogP contribution in [0.2, 0.25) is 0 Å². The number of ether oxygens (including phenoxy) is 1. The van der Waals surface area contributed by atoms with Gasteiger partial charge in [0, 0.05) is 35.8 Å². The number of hydrogen-bond donors (Lipinski definition) is 0. The van der Waals surface area contributed by atoms with Gasteiger partial charge in [-0.1, -0.05) is 18.2 Å². The number of carbonyl (C=O) groups is 1. The van der Waals surface area contributed by atoms with Crippen molar-refractivity contribution in [2.45, 2.75) is 51.5 Å². The van der Waals surface area contributed by atoms with Crippen LogP contribution < -0.4 is 4.90 Å². The number of carbonyl (C=O) groups excluding carboxylic acids is 1. The maximum absolute atomic E-state index is 11.4. The predicted octanol–water partition coefficient (Wildman–Crippen LogP) is 3.34.